The maximum atomic E-state index is 12.7. The lowest BCUT2D eigenvalue weighted by Crippen LogP contribution is -2.54. The van der Waals surface area contributed by atoms with Gasteiger partial charge in [-0.3, -0.25) is 15.0 Å². The monoisotopic (exact) mass is 320 g/mol. The lowest BCUT2D eigenvalue weighted by molar-refractivity contribution is -0.139. The van der Waals surface area contributed by atoms with Crippen molar-refractivity contribution in [1.82, 2.24) is 15.6 Å². The molecule has 0 bridgehead atoms. The normalized spacial score (nSPS) is 18.3. The van der Waals surface area contributed by atoms with Gasteiger partial charge in [-0.1, -0.05) is 30.3 Å². The SMILES string of the molecule is NNC(=O)C1CCCN1C(=O)C(Cc1ccccc1)NC(=O)O. The molecule has 1 aliphatic heterocycles. The van der Waals surface area contributed by atoms with Crippen LogP contribution in [0.25, 0.3) is 0 Å². The van der Waals surface area contributed by atoms with Gasteiger partial charge in [0.05, 0.1) is 0 Å². The van der Waals surface area contributed by atoms with Crippen molar-refractivity contribution < 1.29 is 19.5 Å². The van der Waals surface area contributed by atoms with E-state index in [1.54, 1.807) is 0 Å². The highest BCUT2D eigenvalue weighted by Crippen LogP contribution is 2.19. The van der Waals surface area contributed by atoms with Crippen LogP contribution in [0, 0.1) is 0 Å². The van der Waals surface area contributed by atoms with E-state index in [1.165, 1.54) is 4.90 Å². The molecular formula is C15H20N4O4. The number of benzene rings is 1. The summed E-state index contributed by atoms with van der Waals surface area (Å²) in [5, 5.41) is 11.2. The van der Waals surface area contributed by atoms with Gasteiger partial charge in [0, 0.05) is 13.0 Å². The molecule has 1 heterocycles. The Morgan fingerprint density at radius 3 is 2.61 bits per heavy atom. The third kappa shape index (κ3) is 4.19. The zero-order chi connectivity index (χ0) is 16.8. The maximum absolute atomic E-state index is 12.7. The van der Waals surface area contributed by atoms with Crippen molar-refractivity contribution in [2.75, 3.05) is 6.54 Å². The number of carbonyl (C=O) groups excluding carboxylic acids is 2. The highest BCUT2D eigenvalue weighted by Gasteiger charge is 2.37. The average Bonchev–Trinajstić information content (AvgIpc) is 3.03. The van der Waals surface area contributed by atoms with Gasteiger partial charge in [0.1, 0.15) is 12.1 Å². The Balaban J connectivity index is 2.15. The van der Waals surface area contributed by atoms with Crippen LogP contribution in [0.15, 0.2) is 30.3 Å². The number of carbonyl (C=O) groups is 3. The number of amides is 3. The number of nitrogens with two attached hydrogens (primary N) is 1. The third-order valence-corrected chi connectivity index (χ3v) is 3.86. The average molecular weight is 320 g/mol. The molecule has 2 atom stereocenters. The van der Waals surface area contributed by atoms with Crippen LogP contribution in [0.1, 0.15) is 18.4 Å². The molecule has 5 N–H and O–H groups in total. The number of likely N-dealkylation sites (tertiary alicyclic amines) is 1. The zero-order valence-electron chi connectivity index (χ0n) is 12.6. The summed E-state index contributed by atoms with van der Waals surface area (Å²) in [6, 6.07) is 7.52. The van der Waals surface area contributed by atoms with Crippen LogP contribution in [-0.2, 0) is 16.0 Å². The van der Waals surface area contributed by atoms with Gasteiger partial charge in [-0.2, -0.15) is 0 Å². The summed E-state index contributed by atoms with van der Waals surface area (Å²) in [5.41, 5.74) is 2.88. The van der Waals surface area contributed by atoms with Crippen LogP contribution >= 0.6 is 0 Å². The molecule has 0 aliphatic carbocycles. The van der Waals surface area contributed by atoms with Crippen molar-refractivity contribution in [2.24, 2.45) is 5.84 Å². The van der Waals surface area contributed by atoms with E-state index in [2.05, 4.69) is 10.7 Å². The topological polar surface area (TPSA) is 125 Å². The number of hydrogen-bond donors (Lipinski definition) is 4. The Kier molecular flexibility index (Phi) is 5.53. The second-order valence-electron chi connectivity index (χ2n) is 5.39. The minimum absolute atomic E-state index is 0.222. The lowest BCUT2D eigenvalue weighted by Gasteiger charge is -2.27. The maximum Gasteiger partial charge on any atom is 0.405 e. The predicted octanol–water partition coefficient (Wildman–Crippen LogP) is -0.154. The number of hydrazine groups is 1. The van der Waals surface area contributed by atoms with Crippen molar-refractivity contribution in [1.29, 1.82) is 0 Å². The minimum Gasteiger partial charge on any atom is -0.465 e. The van der Waals surface area contributed by atoms with Gasteiger partial charge in [0.25, 0.3) is 5.91 Å². The highest BCUT2D eigenvalue weighted by atomic mass is 16.4. The fraction of sp³-hybridized carbons (Fsp3) is 0.400. The van der Waals surface area contributed by atoms with Crippen molar-refractivity contribution in [3.63, 3.8) is 0 Å². The van der Waals surface area contributed by atoms with E-state index in [9.17, 15) is 14.4 Å². The molecule has 2 rings (SSSR count). The molecule has 0 spiro atoms. The Bertz CT molecular complexity index is 578. The van der Waals surface area contributed by atoms with Crippen LogP contribution in [0.2, 0.25) is 0 Å². The van der Waals surface area contributed by atoms with E-state index in [1.807, 2.05) is 30.3 Å². The standard InChI is InChI=1S/C15H20N4O4/c16-18-13(20)12-7-4-8-19(12)14(21)11(17-15(22)23)9-10-5-2-1-3-6-10/h1-3,5-6,11-12,17H,4,7-9,16H2,(H,18,20)(H,22,23). The largest absolute Gasteiger partial charge is 0.465 e. The first-order valence-corrected chi connectivity index (χ1v) is 7.37. The van der Waals surface area contributed by atoms with Crippen LogP contribution in [0.3, 0.4) is 0 Å². The summed E-state index contributed by atoms with van der Waals surface area (Å²) in [7, 11) is 0. The molecule has 3 amide bonds. The highest BCUT2D eigenvalue weighted by molar-refractivity contribution is 5.91. The van der Waals surface area contributed by atoms with E-state index in [4.69, 9.17) is 10.9 Å². The van der Waals surface area contributed by atoms with Gasteiger partial charge < -0.3 is 15.3 Å². The van der Waals surface area contributed by atoms with Crippen molar-refractivity contribution >= 4 is 17.9 Å². The molecular weight excluding hydrogens is 300 g/mol. The fourth-order valence-electron chi connectivity index (χ4n) is 2.80. The quantitative estimate of drug-likeness (QED) is 0.341. The molecule has 8 nitrogen and oxygen atoms in total. The molecule has 1 aromatic rings. The first kappa shape index (κ1) is 16.8. The second kappa shape index (κ2) is 7.59. The van der Waals surface area contributed by atoms with Crippen LogP contribution < -0.4 is 16.6 Å². The van der Waals surface area contributed by atoms with E-state index in [-0.39, 0.29) is 6.42 Å². The zero-order valence-corrected chi connectivity index (χ0v) is 12.6. The molecule has 1 aromatic carbocycles. The molecule has 8 heteroatoms. The Hall–Kier alpha value is -2.61. The molecule has 0 radical (unpaired) electrons. The Morgan fingerprint density at radius 2 is 2.00 bits per heavy atom. The van der Waals surface area contributed by atoms with Crippen LogP contribution in [0.5, 0.6) is 0 Å². The van der Waals surface area contributed by atoms with Gasteiger partial charge in [-0.05, 0) is 18.4 Å². The van der Waals surface area contributed by atoms with Crippen molar-refractivity contribution in [2.45, 2.75) is 31.3 Å². The molecule has 1 fully saturated rings. The van der Waals surface area contributed by atoms with E-state index < -0.39 is 30.0 Å². The Labute approximate surface area is 133 Å². The van der Waals surface area contributed by atoms with E-state index >= 15 is 0 Å². The molecule has 124 valence electrons. The van der Waals surface area contributed by atoms with Gasteiger partial charge in [-0.25, -0.2) is 10.6 Å². The summed E-state index contributed by atoms with van der Waals surface area (Å²) in [6.07, 6.45) is 0.132. The minimum atomic E-state index is -1.28. The number of hydrogen-bond acceptors (Lipinski definition) is 4. The summed E-state index contributed by atoms with van der Waals surface area (Å²) >= 11 is 0. The van der Waals surface area contributed by atoms with E-state index in [0.717, 1.165) is 5.56 Å². The number of rotatable bonds is 5. The van der Waals surface area contributed by atoms with Crippen molar-refractivity contribution in [3.05, 3.63) is 35.9 Å². The van der Waals surface area contributed by atoms with Crippen molar-refractivity contribution in [3.8, 4) is 0 Å². The van der Waals surface area contributed by atoms with Gasteiger partial charge in [0.2, 0.25) is 5.91 Å². The van der Waals surface area contributed by atoms with Gasteiger partial charge in [0.15, 0.2) is 0 Å². The van der Waals surface area contributed by atoms with Gasteiger partial charge in [-0.15, -0.1) is 0 Å². The molecule has 0 aromatic heterocycles. The molecule has 1 aliphatic rings. The second-order valence-corrected chi connectivity index (χ2v) is 5.39. The number of carboxylic acid groups (broad SMARTS) is 1. The summed E-state index contributed by atoms with van der Waals surface area (Å²) in [6.45, 7) is 0.406. The molecule has 23 heavy (non-hydrogen) atoms. The number of nitrogens with one attached hydrogen (secondary N) is 2. The van der Waals surface area contributed by atoms with Crippen LogP contribution in [0.4, 0.5) is 4.79 Å². The third-order valence-electron chi connectivity index (χ3n) is 3.86. The summed E-state index contributed by atoms with van der Waals surface area (Å²) in [4.78, 5) is 36.9. The molecule has 1 saturated heterocycles. The summed E-state index contributed by atoms with van der Waals surface area (Å²) < 4.78 is 0. The van der Waals surface area contributed by atoms with Crippen LogP contribution in [-0.4, -0.2) is 46.5 Å². The predicted molar refractivity (Wildman–Crippen MR) is 82.2 cm³/mol. The lowest BCUT2D eigenvalue weighted by atomic mass is 10.0. The molecule has 0 saturated carbocycles. The fourth-order valence-corrected chi connectivity index (χ4v) is 2.80. The first-order chi connectivity index (χ1) is 11.0. The van der Waals surface area contributed by atoms with E-state index in [0.29, 0.717) is 19.4 Å². The first-order valence-electron chi connectivity index (χ1n) is 7.37. The summed E-state index contributed by atoms with van der Waals surface area (Å²) in [5.74, 6) is 4.29. The Morgan fingerprint density at radius 1 is 1.30 bits per heavy atom. The smallest absolute Gasteiger partial charge is 0.405 e. The van der Waals surface area contributed by atoms with Gasteiger partial charge >= 0.3 is 6.09 Å². The number of nitrogens with zero attached hydrogens (tertiary/aromatic N) is 1. The molecule has 2 unspecified atom stereocenters.